The Kier molecular flexibility index (Phi) is 1.82. The van der Waals surface area contributed by atoms with E-state index in [1.807, 2.05) is 24.3 Å². The molecule has 0 spiro atoms. The molecule has 2 heterocycles. The highest BCUT2D eigenvalue weighted by molar-refractivity contribution is 5.87. The van der Waals surface area contributed by atoms with Gasteiger partial charge in [0.15, 0.2) is 0 Å². The van der Waals surface area contributed by atoms with Crippen LogP contribution in [0.25, 0.3) is 10.9 Å². The predicted octanol–water partition coefficient (Wildman–Crippen LogP) is 1.30. The van der Waals surface area contributed by atoms with Gasteiger partial charge in [-0.05, 0) is 17.5 Å². The lowest BCUT2D eigenvalue weighted by molar-refractivity contribution is -0.154. The van der Waals surface area contributed by atoms with Gasteiger partial charge >= 0.3 is 5.97 Å². The molecule has 1 atom stereocenters. The summed E-state index contributed by atoms with van der Waals surface area (Å²) in [5, 5.41) is 11.2. The molecular weight excluding hydrogens is 206 g/mol. The van der Waals surface area contributed by atoms with Gasteiger partial charge in [0.25, 0.3) is 0 Å². The maximum Gasteiger partial charge on any atom is 0.344 e. The van der Waals surface area contributed by atoms with E-state index in [4.69, 9.17) is 4.74 Å². The fraction of sp³-hybridized carbons (Fsp3) is 0.250. The molecule has 1 aliphatic rings. The molecule has 1 aromatic heterocycles. The third-order valence-corrected chi connectivity index (χ3v) is 3.01. The number of aliphatic hydroxyl groups is 1. The van der Waals surface area contributed by atoms with Gasteiger partial charge < -0.3 is 14.8 Å². The van der Waals surface area contributed by atoms with Gasteiger partial charge in [-0.3, -0.25) is 0 Å². The van der Waals surface area contributed by atoms with Gasteiger partial charge in [0.05, 0.1) is 12.3 Å². The highest BCUT2D eigenvalue weighted by Crippen LogP contribution is 2.32. The number of aromatic amines is 1. The van der Waals surface area contributed by atoms with Crippen LogP contribution >= 0.6 is 0 Å². The lowest BCUT2D eigenvalue weighted by atomic mass is 9.98. The van der Waals surface area contributed by atoms with E-state index in [9.17, 15) is 9.90 Å². The molecule has 1 aromatic carbocycles. The number of nitrogens with one attached hydrogen (secondary N) is 1. The zero-order chi connectivity index (χ0) is 11.2. The second-order valence-electron chi connectivity index (χ2n) is 4.02. The first kappa shape index (κ1) is 9.42. The third kappa shape index (κ3) is 1.17. The van der Waals surface area contributed by atoms with E-state index in [1.165, 1.54) is 0 Å². The van der Waals surface area contributed by atoms with Crippen LogP contribution < -0.4 is 0 Å². The minimum absolute atomic E-state index is 0.269. The fourth-order valence-corrected chi connectivity index (χ4v) is 2.05. The Morgan fingerprint density at radius 2 is 2.19 bits per heavy atom. The number of H-pyrrole nitrogens is 1. The molecule has 0 saturated carbocycles. The number of fused-ring (bicyclic) bond motifs is 1. The summed E-state index contributed by atoms with van der Waals surface area (Å²) in [5.74, 6) is -0.570. The monoisotopic (exact) mass is 217 g/mol. The van der Waals surface area contributed by atoms with Crippen LogP contribution in [0.15, 0.2) is 30.3 Å². The normalized spacial score (nSPS) is 24.9. The van der Waals surface area contributed by atoms with Crippen molar-refractivity contribution in [3.63, 3.8) is 0 Å². The van der Waals surface area contributed by atoms with Crippen LogP contribution in [0, 0.1) is 0 Å². The van der Waals surface area contributed by atoms with Crippen molar-refractivity contribution in [1.29, 1.82) is 0 Å². The van der Waals surface area contributed by atoms with Gasteiger partial charge in [-0.15, -0.1) is 0 Å². The largest absolute Gasteiger partial charge is 0.463 e. The molecular formula is C12H11NO3. The van der Waals surface area contributed by atoms with Gasteiger partial charge in [-0.2, -0.15) is 0 Å². The minimum atomic E-state index is -1.50. The molecule has 4 nitrogen and oxygen atoms in total. The number of ether oxygens (including phenoxy) is 1. The Labute approximate surface area is 91.8 Å². The van der Waals surface area contributed by atoms with E-state index in [0.29, 0.717) is 12.1 Å². The Bertz CT molecular complexity index is 527. The van der Waals surface area contributed by atoms with Crippen molar-refractivity contribution in [2.75, 3.05) is 6.61 Å². The molecule has 4 heteroatoms. The molecule has 0 aliphatic carbocycles. The second-order valence-corrected chi connectivity index (χ2v) is 4.02. The number of aromatic nitrogens is 1. The van der Waals surface area contributed by atoms with Crippen LogP contribution in [-0.2, 0) is 15.1 Å². The summed E-state index contributed by atoms with van der Waals surface area (Å²) < 4.78 is 4.81. The molecule has 1 saturated heterocycles. The number of rotatable bonds is 1. The number of cyclic esters (lactones) is 1. The van der Waals surface area contributed by atoms with Crippen molar-refractivity contribution in [2.24, 2.45) is 0 Å². The number of para-hydroxylation sites is 1. The first-order valence-corrected chi connectivity index (χ1v) is 5.18. The minimum Gasteiger partial charge on any atom is -0.463 e. The molecule has 1 aliphatic heterocycles. The molecule has 0 amide bonds. The van der Waals surface area contributed by atoms with Crippen LogP contribution in [0.4, 0.5) is 0 Å². The topological polar surface area (TPSA) is 62.3 Å². The highest BCUT2D eigenvalue weighted by Gasteiger charge is 2.45. The number of esters is 1. The van der Waals surface area contributed by atoms with E-state index in [1.54, 1.807) is 6.07 Å². The predicted molar refractivity (Wildman–Crippen MR) is 57.8 cm³/mol. The molecule has 0 radical (unpaired) electrons. The Hall–Kier alpha value is -1.81. The van der Waals surface area contributed by atoms with Crippen LogP contribution in [0.1, 0.15) is 12.1 Å². The van der Waals surface area contributed by atoms with Crippen molar-refractivity contribution < 1.29 is 14.6 Å². The average Bonchev–Trinajstić information content (AvgIpc) is 2.84. The third-order valence-electron chi connectivity index (χ3n) is 3.01. The van der Waals surface area contributed by atoms with E-state index in [0.717, 1.165) is 10.9 Å². The van der Waals surface area contributed by atoms with Crippen molar-refractivity contribution in [2.45, 2.75) is 12.0 Å². The number of carbonyl (C=O) groups is 1. The number of hydrogen-bond donors (Lipinski definition) is 2. The van der Waals surface area contributed by atoms with Gasteiger partial charge in [0.1, 0.15) is 0 Å². The summed E-state index contributed by atoms with van der Waals surface area (Å²) in [4.78, 5) is 14.5. The summed E-state index contributed by atoms with van der Waals surface area (Å²) in [7, 11) is 0. The average molecular weight is 217 g/mol. The van der Waals surface area contributed by atoms with Gasteiger partial charge in [-0.25, -0.2) is 4.79 Å². The smallest absolute Gasteiger partial charge is 0.344 e. The van der Waals surface area contributed by atoms with Crippen LogP contribution in [0.3, 0.4) is 0 Å². The number of carbonyl (C=O) groups excluding carboxylic acids is 1. The van der Waals surface area contributed by atoms with Gasteiger partial charge in [-0.1, -0.05) is 18.2 Å². The van der Waals surface area contributed by atoms with Crippen molar-refractivity contribution >= 4 is 16.9 Å². The quantitative estimate of drug-likeness (QED) is 0.708. The zero-order valence-corrected chi connectivity index (χ0v) is 8.56. The van der Waals surface area contributed by atoms with E-state index in [-0.39, 0.29) is 6.61 Å². The summed E-state index contributed by atoms with van der Waals surface area (Å²) in [6, 6.07) is 9.44. The first-order chi connectivity index (χ1) is 7.70. The van der Waals surface area contributed by atoms with Crippen LogP contribution in [-0.4, -0.2) is 22.7 Å². The van der Waals surface area contributed by atoms with E-state index in [2.05, 4.69) is 4.98 Å². The zero-order valence-electron chi connectivity index (χ0n) is 8.56. The lowest BCUT2D eigenvalue weighted by Gasteiger charge is -2.15. The molecule has 3 rings (SSSR count). The number of benzene rings is 1. The molecule has 16 heavy (non-hydrogen) atoms. The molecule has 82 valence electrons. The van der Waals surface area contributed by atoms with Crippen LogP contribution in [0.5, 0.6) is 0 Å². The Balaban J connectivity index is 2.15. The standard InChI is InChI=1S/C12H11NO3/c14-11-12(15,5-6-16-11)10-7-8-3-1-2-4-9(8)13-10/h1-4,7,13,15H,5-6H2. The number of hydrogen-bond acceptors (Lipinski definition) is 3. The maximum absolute atomic E-state index is 11.5. The SMILES string of the molecule is O=C1OCCC1(O)c1cc2ccccc2[nH]1. The summed E-state index contributed by atoms with van der Waals surface area (Å²) >= 11 is 0. The molecule has 2 N–H and O–H groups in total. The van der Waals surface area contributed by atoms with E-state index >= 15 is 0 Å². The van der Waals surface area contributed by atoms with Crippen molar-refractivity contribution in [3.8, 4) is 0 Å². The van der Waals surface area contributed by atoms with Crippen molar-refractivity contribution in [1.82, 2.24) is 4.98 Å². The van der Waals surface area contributed by atoms with Gasteiger partial charge in [0.2, 0.25) is 5.60 Å². The maximum atomic E-state index is 11.5. The highest BCUT2D eigenvalue weighted by atomic mass is 16.6. The fourth-order valence-electron chi connectivity index (χ4n) is 2.05. The summed E-state index contributed by atoms with van der Waals surface area (Å²) in [6.07, 6.45) is 0.304. The van der Waals surface area contributed by atoms with Crippen molar-refractivity contribution in [3.05, 3.63) is 36.0 Å². The molecule has 1 fully saturated rings. The Morgan fingerprint density at radius 1 is 1.38 bits per heavy atom. The van der Waals surface area contributed by atoms with Crippen LogP contribution in [0.2, 0.25) is 0 Å². The summed E-state index contributed by atoms with van der Waals surface area (Å²) in [6.45, 7) is 0.269. The van der Waals surface area contributed by atoms with Gasteiger partial charge in [0, 0.05) is 11.9 Å². The van der Waals surface area contributed by atoms with E-state index < -0.39 is 11.6 Å². The lowest BCUT2D eigenvalue weighted by Crippen LogP contribution is -2.31. The summed E-state index contributed by atoms with van der Waals surface area (Å²) in [5.41, 5.74) is -0.0826. The molecule has 0 bridgehead atoms. The second kappa shape index (κ2) is 3.09. The Morgan fingerprint density at radius 3 is 2.88 bits per heavy atom. The first-order valence-electron chi connectivity index (χ1n) is 5.18. The molecule has 2 aromatic rings. The molecule has 1 unspecified atom stereocenters.